The number of hydrogen-bond acceptors (Lipinski definition) is 3. The normalized spacial score (nSPS) is 11.9. The highest BCUT2D eigenvalue weighted by atomic mass is 35.5. The Balaban J connectivity index is 2.49. The molecule has 0 aliphatic heterocycles. The maximum atomic E-state index is 11.8. The van der Waals surface area contributed by atoms with E-state index in [0.29, 0.717) is 15.8 Å². The van der Waals surface area contributed by atoms with E-state index in [0.717, 1.165) is 0 Å². The number of amides is 2. The molecule has 5 nitrogen and oxygen atoms in total. The third-order valence-electron chi connectivity index (χ3n) is 2.44. The standard InChI is InChI=1S/C14H18Cl2N2O3/c1-8(2)18-13(19)7-17-14(20)9(3)21-12-5-4-10(15)6-11(12)16/h4-6,8-9H,7H2,1-3H3,(H,17,20)(H,18,19). The molecule has 1 unspecified atom stereocenters. The highest BCUT2D eigenvalue weighted by Crippen LogP contribution is 2.28. The number of carbonyl (C=O) groups excluding carboxylic acids is 2. The largest absolute Gasteiger partial charge is 0.479 e. The van der Waals surface area contributed by atoms with Crippen molar-refractivity contribution in [2.45, 2.75) is 32.9 Å². The van der Waals surface area contributed by atoms with E-state index >= 15 is 0 Å². The summed E-state index contributed by atoms with van der Waals surface area (Å²) in [5.41, 5.74) is 0. The Hall–Kier alpha value is -1.46. The summed E-state index contributed by atoms with van der Waals surface area (Å²) in [5, 5.41) is 5.97. The fourth-order valence-corrected chi connectivity index (χ4v) is 1.95. The van der Waals surface area contributed by atoms with Crippen LogP contribution in [0.1, 0.15) is 20.8 Å². The average molecular weight is 333 g/mol. The molecule has 1 atom stereocenters. The number of hydrogen-bond donors (Lipinski definition) is 2. The molecule has 0 aliphatic rings. The molecule has 0 spiro atoms. The van der Waals surface area contributed by atoms with Crippen molar-refractivity contribution in [2.24, 2.45) is 0 Å². The van der Waals surface area contributed by atoms with Gasteiger partial charge in [0.15, 0.2) is 6.10 Å². The number of benzene rings is 1. The van der Waals surface area contributed by atoms with Gasteiger partial charge in [-0.05, 0) is 39.0 Å². The molecule has 0 aliphatic carbocycles. The smallest absolute Gasteiger partial charge is 0.261 e. The van der Waals surface area contributed by atoms with Gasteiger partial charge in [0.25, 0.3) is 5.91 Å². The molecular formula is C14H18Cl2N2O3. The minimum absolute atomic E-state index is 0.0240. The summed E-state index contributed by atoms with van der Waals surface area (Å²) in [7, 11) is 0. The molecule has 7 heteroatoms. The van der Waals surface area contributed by atoms with Gasteiger partial charge >= 0.3 is 0 Å². The van der Waals surface area contributed by atoms with Crippen LogP contribution in [0.4, 0.5) is 0 Å². The second-order valence-corrected chi connectivity index (χ2v) is 5.62. The first-order valence-corrected chi connectivity index (χ1v) is 7.24. The second-order valence-electron chi connectivity index (χ2n) is 4.77. The summed E-state index contributed by atoms with van der Waals surface area (Å²) in [4.78, 5) is 23.3. The quantitative estimate of drug-likeness (QED) is 0.840. The maximum Gasteiger partial charge on any atom is 0.261 e. The number of ether oxygens (including phenoxy) is 1. The molecule has 1 aromatic rings. The van der Waals surface area contributed by atoms with Gasteiger partial charge in [-0.3, -0.25) is 9.59 Å². The Morgan fingerprint density at radius 2 is 1.90 bits per heavy atom. The number of rotatable bonds is 6. The van der Waals surface area contributed by atoms with E-state index < -0.39 is 12.0 Å². The van der Waals surface area contributed by atoms with Gasteiger partial charge < -0.3 is 15.4 Å². The van der Waals surface area contributed by atoms with Crippen molar-refractivity contribution in [3.05, 3.63) is 28.2 Å². The zero-order valence-corrected chi connectivity index (χ0v) is 13.6. The number of nitrogens with one attached hydrogen (secondary N) is 2. The number of carbonyl (C=O) groups is 2. The Morgan fingerprint density at radius 1 is 1.24 bits per heavy atom. The Morgan fingerprint density at radius 3 is 2.48 bits per heavy atom. The molecule has 0 bridgehead atoms. The van der Waals surface area contributed by atoms with Crippen molar-refractivity contribution < 1.29 is 14.3 Å². The lowest BCUT2D eigenvalue weighted by Gasteiger charge is -2.16. The monoisotopic (exact) mass is 332 g/mol. The maximum absolute atomic E-state index is 11.8. The van der Waals surface area contributed by atoms with E-state index in [-0.39, 0.29) is 18.5 Å². The minimum Gasteiger partial charge on any atom is -0.479 e. The van der Waals surface area contributed by atoms with Crippen LogP contribution >= 0.6 is 23.2 Å². The van der Waals surface area contributed by atoms with E-state index in [2.05, 4.69) is 10.6 Å². The van der Waals surface area contributed by atoms with Crippen LogP contribution in [0, 0.1) is 0 Å². The van der Waals surface area contributed by atoms with Crippen LogP contribution < -0.4 is 15.4 Å². The highest BCUT2D eigenvalue weighted by Gasteiger charge is 2.17. The highest BCUT2D eigenvalue weighted by molar-refractivity contribution is 6.35. The van der Waals surface area contributed by atoms with Crippen LogP contribution in [0.5, 0.6) is 5.75 Å². The van der Waals surface area contributed by atoms with Crippen LogP contribution in [0.25, 0.3) is 0 Å². The minimum atomic E-state index is -0.782. The molecule has 0 saturated carbocycles. The lowest BCUT2D eigenvalue weighted by molar-refractivity contribution is -0.130. The first kappa shape index (κ1) is 17.6. The van der Waals surface area contributed by atoms with E-state index in [4.69, 9.17) is 27.9 Å². The SMILES string of the molecule is CC(C)NC(=O)CNC(=O)C(C)Oc1ccc(Cl)cc1Cl. The third-order valence-corrected chi connectivity index (χ3v) is 2.97. The van der Waals surface area contributed by atoms with Crippen molar-refractivity contribution >= 4 is 35.0 Å². The average Bonchev–Trinajstić information content (AvgIpc) is 2.38. The van der Waals surface area contributed by atoms with E-state index in [1.807, 2.05) is 13.8 Å². The van der Waals surface area contributed by atoms with E-state index in [9.17, 15) is 9.59 Å². The molecule has 0 aromatic heterocycles. The molecular weight excluding hydrogens is 315 g/mol. The van der Waals surface area contributed by atoms with Crippen LogP contribution in [0.15, 0.2) is 18.2 Å². The van der Waals surface area contributed by atoms with Crippen LogP contribution in [0.3, 0.4) is 0 Å². The first-order valence-electron chi connectivity index (χ1n) is 6.48. The molecule has 2 N–H and O–H groups in total. The lowest BCUT2D eigenvalue weighted by atomic mass is 10.3. The van der Waals surface area contributed by atoms with Crippen LogP contribution in [-0.4, -0.2) is 30.5 Å². The van der Waals surface area contributed by atoms with Gasteiger partial charge in [-0.25, -0.2) is 0 Å². The van der Waals surface area contributed by atoms with Gasteiger partial charge in [-0.2, -0.15) is 0 Å². The molecule has 0 saturated heterocycles. The first-order chi connectivity index (χ1) is 9.79. The molecule has 21 heavy (non-hydrogen) atoms. The van der Waals surface area contributed by atoms with Crippen molar-refractivity contribution in [1.29, 1.82) is 0 Å². The number of halogens is 2. The van der Waals surface area contributed by atoms with Gasteiger partial charge in [-0.1, -0.05) is 23.2 Å². The topological polar surface area (TPSA) is 67.4 Å². The molecule has 0 heterocycles. The fourth-order valence-electron chi connectivity index (χ4n) is 1.50. The predicted octanol–water partition coefficient (Wildman–Crippen LogP) is 2.40. The van der Waals surface area contributed by atoms with Gasteiger partial charge in [0.2, 0.25) is 5.91 Å². The second kappa shape index (κ2) is 8.10. The summed E-state index contributed by atoms with van der Waals surface area (Å²) in [6.07, 6.45) is -0.782. The molecule has 1 rings (SSSR count). The molecule has 1 aromatic carbocycles. The fraction of sp³-hybridized carbons (Fsp3) is 0.429. The van der Waals surface area contributed by atoms with Gasteiger partial charge in [-0.15, -0.1) is 0 Å². The van der Waals surface area contributed by atoms with Crippen LogP contribution in [-0.2, 0) is 9.59 Å². The van der Waals surface area contributed by atoms with E-state index in [1.54, 1.807) is 19.1 Å². The van der Waals surface area contributed by atoms with Crippen molar-refractivity contribution in [1.82, 2.24) is 10.6 Å². The summed E-state index contributed by atoms with van der Waals surface area (Å²) < 4.78 is 5.44. The summed E-state index contributed by atoms with van der Waals surface area (Å²) in [6, 6.07) is 4.75. The van der Waals surface area contributed by atoms with Gasteiger partial charge in [0.1, 0.15) is 5.75 Å². The zero-order chi connectivity index (χ0) is 16.0. The van der Waals surface area contributed by atoms with Gasteiger partial charge in [0, 0.05) is 11.1 Å². The van der Waals surface area contributed by atoms with Gasteiger partial charge in [0.05, 0.1) is 11.6 Å². The third kappa shape index (κ3) is 6.23. The molecule has 116 valence electrons. The summed E-state index contributed by atoms with van der Waals surface area (Å²) in [5.74, 6) is -0.301. The van der Waals surface area contributed by atoms with Crippen LogP contribution in [0.2, 0.25) is 10.0 Å². The predicted molar refractivity (Wildman–Crippen MR) is 82.8 cm³/mol. The summed E-state index contributed by atoms with van der Waals surface area (Å²) >= 11 is 11.7. The lowest BCUT2D eigenvalue weighted by Crippen LogP contribution is -2.43. The van der Waals surface area contributed by atoms with Crippen molar-refractivity contribution in [2.75, 3.05) is 6.54 Å². The molecule has 0 fully saturated rings. The Kier molecular flexibility index (Phi) is 6.78. The van der Waals surface area contributed by atoms with Crippen molar-refractivity contribution in [3.8, 4) is 5.75 Å². The zero-order valence-electron chi connectivity index (χ0n) is 12.1. The van der Waals surface area contributed by atoms with E-state index in [1.165, 1.54) is 6.07 Å². The Bertz CT molecular complexity index is 521. The molecule has 2 amide bonds. The van der Waals surface area contributed by atoms with Crippen molar-refractivity contribution in [3.63, 3.8) is 0 Å². The Labute approximate surface area is 133 Å². The molecule has 0 radical (unpaired) electrons. The summed E-state index contributed by atoms with van der Waals surface area (Å²) in [6.45, 7) is 5.15.